The van der Waals surface area contributed by atoms with Crippen LogP contribution in [0.5, 0.6) is 17.2 Å². The molecule has 0 saturated heterocycles. The molecule has 194 valence electrons. The molecule has 1 aromatic heterocycles. The largest absolute Gasteiger partial charge is 0.494 e. The van der Waals surface area contributed by atoms with Gasteiger partial charge in [-0.25, -0.2) is 9.79 Å². The van der Waals surface area contributed by atoms with Crippen LogP contribution < -0.4 is 29.1 Å². The van der Waals surface area contributed by atoms with E-state index >= 15 is 0 Å². The van der Waals surface area contributed by atoms with E-state index < -0.39 is 12.0 Å². The number of fused-ring (bicyclic) bond motifs is 1. The maximum atomic E-state index is 13.9. The SMILES string of the molecule is CCOC(=O)C1=C(C)N=c2s/c(=C\c3cc(I)cc(OC)c3OC)c(=O)n2[C@@H]1c1ccc(OCC)cc1. The predicted octanol–water partition coefficient (Wildman–Crippen LogP) is 3.82. The molecule has 0 amide bonds. The molecule has 1 aliphatic rings. The molecule has 4 rings (SSSR count). The fourth-order valence-corrected chi connectivity index (χ4v) is 5.88. The Morgan fingerprint density at radius 3 is 2.49 bits per heavy atom. The van der Waals surface area contributed by atoms with Gasteiger partial charge < -0.3 is 18.9 Å². The average Bonchev–Trinajstić information content (AvgIpc) is 3.17. The van der Waals surface area contributed by atoms with Crippen LogP contribution in [0.15, 0.2) is 57.5 Å². The summed E-state index contributed by atoms with van der Waals surface area (Å²) in [7, 11) is 3.13. The number of esters is 1. The lowest BCUT2D eigenvalue weighted by Crippen LogP contribution is -2.39. The van der Waals surface area contributed by atoms with E-state index in [0.29, 0.717) is 50.0 Å². The highest BCUT2D eigenvalue weighted by Gasteiger charge is 2.33. The summed E-state index contributed by atoms with van der Waals surface area (Å²) in [5.74, 6) is 1.30. The number of benzene rings is 2. The summed E-state index contributed by atoms with van der Waals surface area (Å²) < 4.78 is 24.9. The number of nitrogens with zero attached hydrogens (tertiary/aromatic N) is 2. The number of thiazole rings is 1. The molecule has 10 heteroatoms. The number of rotatable bonds is 8. The molecular formula is C27H27IN2O6S. The summed E-state index contributed by atoms with van der Waals surface area (Å²) in [5, 5.41) is 0. The molecule has 1 aliphatic heterocycles. The second-order valence-electron chi connectivity index (χ2n) is 8.03. The minimum absolute atomic E-state index is 0.213. The van der Waals surface area contributed by atoms with E-state index in [2.05, 4.69) is 27.6 Å². The number of carbonyl (C=O) groups excluding carboxylic acids is 1. The Morgan fingerprint density at radius 2 is 1.86 bits per heavy atom. The molecule has 0 bridgehead atoms. The van der Waals surface area contributed by atoms with Crippen LogP contribution in [-0.2, 0) is 9.53 Å². The summed E-state index contributed by atoms with van der Waals surface area (Å²) in [6, 6.07) is 10.5. The summed E-state index contributed by atoms with van der Waals surface area (Å²) in [4.78, 5) is 32.0. The highest BCUT2D eigenvalue weighted by molar-refractivity contribution is 14.1. The summed E-state index contributed by atoms with van der Waals surface area (Å²) in [5.41, 5.74) is 2.03. The Labute approximate surface area is 232 Å². The van der Waals surface area contributed by atoms with Gasteiger partial charge in [-0.3, -0.25) is 9.36 Å². The molecule has 0 fully saturated rings. The van der Waals surface area contributed by atoms with Crippen molar-refractivity contribution in [3.05, 3.63) is 82.1 Å². The summed E-state index contributed by atoms with van der Waals surface area (Å²) in [6.07, 6.45) is 1.77. The number of ether oxygens (including phenoxy) is 4. The topological polar surface area (TPSA) is 88.4 Å². The van der Waals surface area contributed by atoms with Gasteiger partial charge in [-0.05, 0) is 79.3 Å². The van der Waals surface area contributed by atoms with Crippen molar-refractivity contribution in [3.8, 4) is 17.2 Å². The van der Waals surface area contributed by atoms with Crippen LogP contribution in [-0.4, -0.2) is 38.0 Å². The van der Waals surface area contributed by atoms with E-state index in [1.165, 1.54) is 11.3 Å². The predicted molar refractivity (Wildman–Crippen MR) is 150 cm³/mol. The van der Waals surface area contributed by atoms with Gasteiger partial charge in [0.05, 0.1) is 49.3 Å². The van der Waals surface area contributed by atoms with Gasteiger partial charge in [0.1, 0.15) is 5.75 Å². The molecular weight excluding hydrogens is 607 g/mol. The first-order chi connectivity index (χ1) is 17.8. The lowest BCUT2D eigenvalue weighted by Gasteiger charge is -2.24. The fourth-order valence-electron chi connectivity index (χ4n) is 4.23. The number of carbonyl (C=O) groups is 1. The van der Waals surface area contributed by atoms with Crippen molar-refractivity contribution in [3.63, 3.8) is 0 Å². The Kier molecular flexibility index (Phi) is 8.38. The molecule has 0 N–H and O–H groups in total. The number of halogens is 1. The number of allylic oxidation sites excluding steroid dienone is 1. The second kappa shape index (κ2) is 11.5. The quantitative estimate of drug-likeness (QED) is 0.277. The normalized spacial score (nSPS) is 15.2. The summed E-state index contributed by atoms with van der Waals surface area (Å²) >= 11 is 3.45. The van der Waals surface area contributed by atoms with Crippen LogP contribution in [0.4, 0.5) is 0 Å². The van der Waals surface area contributed by atoms with Crippen molar-refractivity contribution in [2.75, 3.05) is 27.4 Å². The molecule has 2 heterocycles. The minimum atomic E-state index is -0.694. The molecule has 3 aromatic rings. The first kappa shape index (κ1) is 26.9. The zero-order valence-electron chi connectivity index (χ0n) is 21.2. The molecule has 0 spiro atoms. The van der Waals surface area contributed by atoms with E-state index in [1.807, 2.05) is 43.3 Å². The van der Waals surface area contributed by atoms with Crippen LogP contribution in [0.25, 0.3) is 6.08 Å². The van der Waals surface area contributed by atoms with Gasteiger partial charge in [0, 0.05) is 9.13 Å². The van der Waals surface area contributed by atoms with Crippen LogP contribution in [0, 0.1) is 3.57 Å². The standard InChI is InChI=1S/C27H27IN2O6S/c1-6-35-19-10-8-16(9-11-19)23-22(26(32)36-7-2)15(3)29-27-30(23)25(31)21(37-27)13-17-12-18(28)14-20(33-4)24(17)34-5/h8-14,23H,6-7H2,1-5H3/b21-13-/t23-/m1/s1. The van der Waals surface area contributed by atoms with Crippen molar-refractivity contribution in [1.82, 2.24) is 4.57 Å². The zero-order valence-corrected chi connectivity index (χ0v) is 24.1. The molecule has 0 saturated carbocycles. The smallest absolute Gasteiger partial charge is 0.338 e. The molecule has 37 heavy (non-hydrogen) atoms. The Bertz CT molecular complexity index is 1540. The maximum Gasteiger partial charge on any atom is 0.338 e. The highest BCUT2D eigenvalue weighted by Crippen LogP contribution is 2.34. The van der Waals surface area contributed by atoms with Gasteiger partial charge in [0.25, 0.3) is 5.56 Å². The third-order valence-electron chi connectivity index (χ3n) is 5.78. The third-order valence-corrected chi connectivity index (χ3v) is 7.39. The molecule has 0 radical (unpaired) electrons. The van der Waals surface area contributed by atoms with Crippen LogP contribution in [0.3, 0.4) is 0 Å². The molecule has 1 atom stereocenters. The molecule has 2 aromatic carbocycles. The average molecular weight is 634 g/mol. The third kappa shape index (κ3) is 5.30. The van der Waals surface area contributed by atoms with Gasteiger partial charge in [-0.1, -0.05) is 23.5 Å². The Hall–Kier alpha value is -3.12. The number of aromatic nitrogens is 1. The van der Waals surface area contributed by atoms with Gasteiger partial charge in [-0.2, -0.15) is 0 Å². The molecule has 0 unspecified atom stereocenters. The first-order valence-corrected chi connectivity index (χ1v) is 13.6. The lowest BCUT2D eigenvalue weighted by atomic mass is 9.96. The van der Waals surface area contributed by atoms with Gasteiger partial charge >= 0.3 is 5.97 Å². The van der Waals surface area contributed by atoms with Crippen molar-refractivity contribution >= 4 is 46.0 Å². The van der Waals surface area contributed by atoms with E-state index in [1.54, 1.807) is 38.7 Å². The monoisotopic (exact) mass is 634 g/mol. The highest BCUT2D eigenvalue weighted by atomic mass is 127. The second-order valence-corrected chi connectivity index (χ2v) is 10.3. The van der Waals surface area contributed by atoms with Gasteiger partial charge in [0.2, 0.25) is 0 Å². The van der Waals surface area contributed by atoms with Crippen LogP contribution >= 0.6 is 33.9 Å². The van der Waals surface area contributed by atoms with E-state index in [-0.39, 0.29) is 12.2 Å². The fraction of sp³-hybridized carbons (Fsp3) is 0.296. The number of hydrogen-bond acceptors (Lipinski definition) is 8. The summed E-state index contributed by atoms with van der Waals surface area (Å²) in [6.45, 7) is 6.17. The lowest BCUT2D eigenvalue weighted by molar-refractivity contribution is -0.139. The van der Waals surface area contributed by atoms with Crippen molar-refractivity contribution in [2.24, 2.45) is 4.99 Å². The minimum Gasteiger partial charge on any atom is -0.494 e. The first-order valence-electron chi connectivity index (χ1n) is 11.7. The molecule has 8 nitrogen and oxygen atoms in total. The number of methoxy groups -OCH3 is 2. The van der Waals surface area contributed by atoms with Crippen molar-refractivity contribution in [2.45, 2.75) is 26.8 Å². The van der Waals surface area contributed by atoms with E-state index in [9.17, 15) is 9.59 Å². The zero-order chi connectivity index (χ0) is 26.7. The van der Waals surface area contributed by atoms with Crippen molar-refractivity contribution in [1.29, 1.82) is 0 Å². The molecule has 0 aliphatic carbocycles. The van der Waals surface area contributed by atoms with Crippen molar-refractivity contribution < 1.29 is 23.7 Å². The maximum absolute atomic E-state index is 13.9. The number of hydrogen-bond donors (Lipinski definition) is 0. The van der Waals surface area contributed by atoms with Crippen LogP contribution in [0.2, 0.25) is 0 Å². The van der Waals surface area contributed by atoms with Gasteiger partial charge in [0.15, 0.2) is 16.3 Å². The Morgan fingerprint density at radius 1 is 1.14 bits per heavy atom. The Balaban J connectivity index is 1.95. The van der Waals surface area contributed by atoms with Crippen LogP contribution in [0.1, 0.15) is 37.9 Å². The van der Waals surface area contributed by atoms with E-state index in [4.69, 9.17) is 18.9 Å². The van der Waals surface area contributed by atoms with E-state index in [0.717, 1.165) is 9.13 Å². The van der Waals surface area contributed by atoms with Gasteiger partial charge in [-0.15, -0.1) is 0 Å².